The number of rotatable bonds is 12. The molecule has 4 rings (SSSR count). The van der Waals surface area contributed by atoms with Crippen molar-refractivity contribution >= 4 is 0 Å². The van der Waals surface area contributed by atoms with Gasteiger partial charge in [0.25, 0.3) is 6.04 Å². The summed E-state index contributed by atoms with van der Waals surface area (Å²) in [4.78, 5) is 11.8. The summed E-state index contributed by atoms with van der Waals surface area (Å²) in [5.41, 5.74) is 2.89. The van der Waals surface area contributed by atoms with E-state index in [1.807, 2.05) is 91.0 Å². The first kappa shape index (κ1) is 25.7. The van der Waals surface area contributed by atoms with Crippen molar-refractivity contribution in [1.82, 2.24) is 0 Å². The quantitative estimate of drug-likeness (QED) is 0.203. The summed E-state index contributed by atoms with van der Waals surface area (Å²) in [7, 11) is 0. The molecule has 0 N–H and O–H groups in total. The minimum atomic E-state index is -1.17. The summed E-state index contributed by atoms with van der Waals surface area (Å²) in [5.74, 6) is 0. The second kappa shape index (κ2) is 13.1. The number of nitro groups is 1. The molecule has 7 nitrogen and oxygen atoms in total. The van der Waals surface area contributed by atoms with Crippen molar-refractivity contribution in [3.63, 3.8) is 0 Å². The van der Waals surface area contributed by atoms with E-state index in [0.717, 1.165) is 16.7 Å². The molecule has 0 aliphatic carbocycles. The lowest BCUT2D eigenvalue weighted by molar-refractivity contribution is -0.558. The summed E-state index contributed by atoms with van der Waals surface area (Å²) >= 11 is 0. The van der Waals surface area contributed by atoms with Crippen molar-refractivity contribution in [2.24, 2.45) is 0 Å². The standard InChI is InChI=1S/C29H31NO6/c1-2-25-27(30(31)32)29(35-20-24-16-10-5-11-17-24)28(34-19-23-14-8-4-9-15-23)26(36-25)21-33-18-22-12-6-3-7-13-22/h2-17,25-29H,1,18-21H2/t25-,26+,27-,28+,29+/m0/s1. The third-order valence-corrected chi connectivity index (χ3v) is 6.14. The Morgan fingerprint density at radius 1 is 0.778 bits per heavy atom. The molecule has 0 aromatic heterocycles. The lowest BCUT2D eigenvalue weighted by Gasteiger charge is -2.41. The van der Waals surface area contributed by atoms with E-state index in [9.17, 15) is 10.1 Å². The Morgan fingerprint density at radius 3 is 1.72 bits per heavy atom. The predicted molar refractivity (Wildman–Crippen MR) is 136 cm³/mol. The fourth-order valence-corrected chi connectivity index (χ4v) is 4.32. The van der Waals surface area contributed by atoms with E-state index in [0.29, 0.717) is 6.61 Å². The zero-order valence-corrected chi connectivity index (χ0v) is 20.1. The van der Waals surface area contributed by atoms with Gasteiger partial charge in [0.2, 0.25) is 0 Å². The Kier molecular flexibility index (Phi) is 9.35. The van der Waals surface area contributed by atoms with Gasteiger partial charge in [-0.2, -0.15) is 0 Å². The highest BCUT2D eigenvalue weighted by molar-refractivity contribution is 5.15. The lowest BCUT2D eigenvalue weighted by atomic mass is 9.92. The third-order valence-electron chi connectivity index (χ3n) is 6.14. The van der Waals surface area contributed by atoms with E-state index < -0.39 is 30.5 Å². The molecule has 1 saturated heterocycles. The Bertz CT molecular complexity index is 1080. The topological polar surface area (TPSA) is 80.1 Å². The van der Waals surface area contributed by atoms with Crippen molar-refractivity contribution < 1.29 is 23.9 Å². The fraction of sp³-hybridized carbons (Fsp3) is 0.310. The van der Waals surface area contributed by atoms with Gasteiger partial charge < -0.3 is 18.9 Å². The van der Waals surface area contributed by atoms with Crippen LogP contribution >= 0.6 is 0 Å². The maximum absolute atomic E-state index is 12.2. The van der Waals surface area contributed by atoms with Crippen molar-refractivity contribution in [3.8, 4) is 0 Å². The van der Waals surface area contributed by atoms with Crippen LogP contribution in [0, 0.1) is 10.1 Å². The van der Waals surface area contributed by atoms with Crippen molar-refractivity contribution in [2.75, 3.05) is 6.61 Å². The zero-order valence-electron chi connectivity index (χ0n) is 20.1. The molecule has 3 aromatic carbocycles. The van der Waals surface area contributed by atoms with E-state index in [4.69, 9.17) is 18.9 Å². The van der Waals surface area contributed by atoms with Crippen LogP contribution in [0.5, 0.6) is 0 Å². The largest absolute Gasteiger partial charge is 0.374 e. The molecule has 1 aliphatic heterocycles. The van der Waals surface area contributed by atoms with Crippen molar-refractivity contribution in [1.29, 1.82) is 0 Å². The molecule has 5 atom stereocenters. The van der Waals surface area contributed by atoms with Crippen LogP contribution in [-0.4, -0.2) is 42.0 Å². The number of hydrogen-bond acceptors (Lipinski definition) is 6. The Hall–Kier alpha value is -3.36. The van der Waals surface area contributed by atoms with Crippen molar-refractivity contribution in [3.05, 3.63) is 130 Å². The summed E-state index contributed by atoms with van der Waals surface area (Å²) in [6, 6.07) is 27.9. The Balaban J connectivity index is 1.56. The van der Waals surface area contributed by atoms with Gasteiger partial charge >= 0.3 is 0 Å². The SMILES string of the molecule is C=C[C@@H]1O[C@H](COCc2ccccc2)[C@@H](OCc2ccccc2)[C@H](OCc2ccccc2)[C@H]1[N+](=O)[O-]. The predicted octanol–water partition coefficient (Wildman–Crippen LogP) is 4.97. The number of ether oxygens (including phenoxy) is 4. The molecule has 36 heavy (non-hydrogen) atoms. The second-order valence-electron chi connectivity index (χ2n) is 8.67. The summed E-state index contributed by atoms with van der Waals surface area (Å²) < 4.78 is 24.6. The number of benzene rings is 3. The fourth-order valence-electron chi connectivity index (χ4n) is 4.32. The van der Waals surface area contributed by atoms with Gasteiger partial charge in [-0.05, 0) is 16.7 Å². The van der Waals surface area contributed by atoms with Crippen LogP contribution in [0.25, 0.3) is 0 Å². The van der Waals surface area contributed by atoms with E-state index in [1.165, 1.54) is 6.08 Å². The van der Waals surface area contributed by atoms with Crippen LogP contribution in [0.3, 0.4) is 0 Å². The molecule has 0 saturated carbocycles. The highest BCUT2D eigenvalue weighted by atomic mass is 16.7. The lowest BCUT2D eigenvalue weighted by Crippen LogP contribution is -2.62. The minimum absolute atomic E-state index is 0.189. The van der Waals surface area contributed by atoms with Gasteiger partial charge in [-0.25, -0.2) is 0 Å². The molecule has 3 aromatic rings. The highest BCUT2D eigenvalue weighted by Crippen LogP contribution is 2.30. The Morgan fingerprint density at radius 2 is 1.25 bits per heavy atom. The Labute approximate surface area is 211 Å². The number of hydrogen-bond donors (Lipinski definition) is 0. The maximum atomic E-state index is 12.2. The van der Waals surface area contributed by atoms with Gasteiger partial charge in [0.05, 0.1) is 26.4 Å². The van der Waals surface area contributed by atoms with Crippen LogP contribution in [0.2, 0.25) is 0 Å². The van der Waals surface area contributed by atoms with Gasteiger partial charge in [-0.1, -0.05) is 97.1 Å². The van der Waals surface area contributed by atoms with Gasteiger partial charge in [0.15, 0.2) is 6.10 Å². The minimum Gasteiger partial charge on any atom is -0.374 e. The average Bonchev–Trinajstić information content (AvgIpc) is 2.92. The van der Waals surface area contributed by atoms with Gasteiger partial charge in [0, 0.05) is 4.92 Å². The highest BCUT2D eigenvalue weighted by Gasteiger charge is 2.53. The first-order chi connectivity index (χ1) is 17.7. The first-order valence-corrected chi connectivity index (χ1v) is 12.0. The third kappa shape index (κ3) is 6.86. The molecule has 1 heterocycles. The molecule has 0 spiro atoms. The van der Waals surface area contributed by atoms with Crippen LogP contribution in [0.15, 0.2) is 104 Å². The second-order valence-corrected chi connectivity index (χ2v) is 8.67. The summed E-state index contributed by atoms with van der Waals surface area (Å²) in [6.07, 6.45) is -1.56. The van der Waals surface area contributed by atoms with Crippen LogP contribution in [0.4, 0.5) is 0 Å². The number of nitrogens with zero attached hydrogens (tertiary/aromatic N) is 1. The smallest absolute Gasteiger partial charge is 0.270 e. The molecule has 0 amide bonds. The molecular weight excluding hydrogens is 458 g/mol. The van der Waals surface area contributed by atoms with E-state index >= 15 is 0 Å². The average molecular weight is 490 g/mol. The normalized spacial score (nSPS) is 23.7. The monoisotopic (exact) mass is 489 g/mol. The van der Waals surface area contributed by atoms with Crippen molar-refractivity contribution in [2.45, 2.75) is 50.3 Å². The van der Waals surface area contributed by atoms with E-state index in [-0.39, 0.29) is 24.7 Å². The molecule has 0 radical (unpaired) electrons. The molecule has 7 heteroatoms. The maximum Gasteiger partial charge on any atom is 0.270 e. The van der Waals surface area contributed by atoms with Crippen LogP contribution in [-0.2, 0) is 38.8 Å². The molecule has 1 aliphatic rings. The summed E-state index contributed by atoms with van der Waals surface area (Å²) in [6.45, 7) is 4.83. The van der Waals surface area contributed by atoms with E-state index in [2.05, 4.69) is 6.58 Å². The van der Waals surface area contributed by atoms with Gasteiger partial charge in [-0.3, -0.25) is 10.1 Å². The molecular formula is C29H31NO6. The zero-order chi connectivity index (χ0) is 25.2. The molecule has 0 unspecified atom stereocenters. The van der Waals surface area contributed by atoms with Crippen LogP contribution < -0.4 is 0 Å². The summed E-state index contributed by atoms with van der Waals surface area (Å²) in [5, 5.41) is 12.2. The van der Waals surface area contributed by atoms with Gasteiger partial charge in [0.1, 0.15) is 18.3 Å². The molecule has 188 valence electrons. The molecule has 1 fully saturated rings. The van der Waals surface area contributed by atoms with E-state index in [1.54, 1.807) is 0 Å². The molecule has 0 bridgehead atoms. The van der Waals surface area contributed by atoms with Crippen LogP contribution in [0.1, 0.15) is 16.7 Å². The van der Waals surface area contributed by atoms with Gasteiger partial charge in [-0.15, -0.1) is 6.58 Å². The first-order valence-electron chi connectivity index (χ1n) is 12.0.